The van der Waals surface area contributed by atoms with Gasteiger partial charge in [0.05, 0.1) is 11.4 Å². The summed E-state index contributed by atoms with van der Waals surface area (Å²) in [4.78, 5) is 25.0. The average Bonchev–Trinajstić information content (AvgIpc) is 2.76. The molecule has 0 unspecified atom stereocenters. The van der Waals surface area contributed by atoms with Crippen LogP contribution in [0.1, 0.15) is 32.6 Å². The third kappa shape index (κ3) is 5.98. The molecule has 0 heterocycles. The van der Waals surface area contributed by atoms with Crippen LogP contribution in [0.2, 0.25) is 0 Å². The fourth-order valence-corrected chi connectivity index (χ4v) is 4.77. The number of hydrogen-bond donors (Lipinski definition) is 3. The standard InChI is InChI=1S/C25H27N3O4S/c1-16-11-12-17(2)22(13-16)33(31,32)28-21-10-6-9-20(14-21)25(30)26-15-23(29)27-24-18(3)7-5-8-19(24)4/h5-14,28H,15H2,1-4H3,(H,26,30)(H,27,29). The summed E-state index contributed by atoms with van der Waals surface area (Å²) in [5.41, 5.74) is 4.52. The number of anilines is 2. The van der Waals surface area contributed by atoms with Crippen molar-refractivity contribution in [3.05, 3.63) is 88.5 Å². The second kappa shape index (κ2) is 9.87. The highest BCUT2D eigenvalue weighted by Crippen LogP contribution is 2.22. The first-order valence-corrected chi connectivity index (χ1v) is 11.9. The number of carbonyl (C=O) groups is 2. The maximum atomic E-state index is 12.8. The minimum atomic E-state index is -3.82. The van der Waals surface area contributed by atoms with Crippen molar-refractivity contribution in [2.75, 3.05) is 16.6 Å². The fraction of sp³-hybridized carbons (Fsp3) is 0.200. The number of hydrogen-bond acceptors (Lipinski definition) is 4. The van der Waals surface area contributed by atoms with Crippen molar-refractivity contribution < 1.29 is 18.0 Å². The molecule has 0 spiro atoms. The molecule has 0 radical (unpaired) electrons. The van der Waals surface area contributed by atoms with Crippen LogP contribution >= 0.6 is 0 Å². The largest absolute Gasteiger partial charge is 0.343 e. The van der Waals surface area contributed by atoms with Crippen LogP contribution in [0.15, 0.2) is 65.6 Å². The minimum absolute atomic E-state index is 0.181. The number of amides is 2. The highest BCUT2D eigenvalue weighted by molar-refractivity contribution is 7.92. The Kier molecular flexibility index (Phi) is 7.18. The summed E-state index contributed by atoms with van der Waals surface area (Å²) in [6, 6.07) is 17.0. The topological polar surface area (TPSA) is 104 Å². The molecule has 3 aromatic rings. The van der Waals surface area contributed by atoms with Crippen LogP contribution in [0.3, 0.4) is 0 Å². The summed E-state index contributed by atoms with van der Waals surface area (Å²) >= 11 is 0. The molecule has 0 aliphatic heterocycles. The van der Waals surface area contributed by atoms with Gasteiger partial charge in [-0.2, -0.15) is 0 Å². The molecule has 0 saturated heterocycles. The third-order valence-electron chi connectivity index (χ3n) is 5.17. The molecule has 33 heavy (non-hydrogen) atoms. The Balaban J connectivity index is 1.67. The summed E-state index contributed by atoms with van der Waals surface area (Å²) in [6.07, 6.45) is 0. The Morgan fingerprint density at radius 1 is 0.818 bits per heavy atom. The van der Waals surface area contributed by atoms with E-state index in [4.69, 9.17) is 0 Å². The molecule has 0 aliphatic rings. The van der Waals surface area contributed by atoms with Crippen molar-refractivity contribution in [2.24, 2.45) is 0 Å². The van der Waals surface area contributed by atoms with Gasteiger partial charge in [-0.15, -0.1) is 0 Å². The molecule has 8 heteroatoms. The predicted molar refractivity (Wildman–Crippen MR) is 130 cm³/mol. The Labute approximate surface area is 194 Å². The van der Waals surface area contributed by atoms with Gasteiger partial charge < -0.3 is 10.6 Å². The summed E-state index contributed by atoms with van der Waals surface area (Å²) in [7, 11) is -3.82. The first kappa shape index (κ1) is 24.0. The number of benzene rings is 3. The molecular formula is C25H27N3O4S. The summed E-state index contributed by atoms with van der Waals surface area (Å²) in [5, 5.41) is 5.38. The van der Waals surface area contributed by atoms with E-state index in [1.807, 2.05) is 45.0 Å². The van der Waals surface area contributed by atoms with Gasteiger partial charge in [0, 0.05) is 16.9 Å². The summed E-state index contributed by atoms with van der Waals surface area (Å²) in [5.74, 6) is -0.841. The Hall–Kier alpha value is -3.65. The zero-order valence-electron chi connectivity index (χ0n) is 19.0. The molecule has 0 atom stereocenters. The van der Waals surface area contributed by atoms with E-state index in [1.54, 1.807) is 37.3 Å². The predicted octanol–water partition coefficient (Wildman–Crippen LogP) is 4.09. The lowest BCUT2D eigenvalue weighted by molar-refractivity contribution is -0.115. The molecule has 0 aromatic heterocycles. The molecule has 0 aliphatic carbocycles. The summed E-state index contributed by atoms with van der Waals surface area (Å²) in [6.45, 7) is 7.12. The quantitative estimate of drug-likeness (QED) is 0.489. The van der Waals surface area contributed by atoms with Gasteiger partial charge in [-0.3, -0.25) is 14.3 Å². The Morgan fingerprint density at radius 2 is 1.48 bits per heavy atom. The molecule has 7 nitrogen and oxygen atoms in total. The first-order valence-electron chi connectivity index (χ1n) is 10.4. The van der Waals surface area contributed by atoms with E-state index in [1.165, 1.54) is 6.07 Å². The van der Waals surface area contributed by atoms with Crippen LogP contribution in [0.4, 0.5) is 11.4 Å². The molecule has 2 amide bonds. The number of sulfonamides is 1. The van der Waals surface area contributed by atoms with Crippen LogP contribution in [-0.2, 0) is 14.8 Å². The Bertz CT molecular complexity index is 1300. The third-order valence-corrected chi connectivity index (χ3v) is 6.69. The number of para-hydroxylation sites is 1. The van der Waals surface area contributed by atoms with E-state index in [9.17, 15) is 18.0 Å². The summed E-state index contributed by atoms with van der Waals surface area (Å²) < 4.78 is 28.2. The lowest BCUT2D eigenvalue weighted by atomic mass is 10.1. The average molecular weight is 466 g/mol. The molecule has 3 aromatic carbocycles. The molecule has 3 N–H and O–H groups in total. The zero-order chi connectivity index (χ0) is 24.2. The first-order chi connectivity index (χ1) is 15.6. The number of carbonyl (C=O) groups excluding carboxylic acids is 2. The minimum Gasteiger partial charge on any atom is -0.343 e. The second-order valence-corrected chi connectivity index (χ2v) is 9.60. The van der Waals surface area contributed by atoms with Gasteiger partial charge in [0.25, 0.3) is 15.9 Å². The molecule has 3 rings (SSSR count). The molecule has 0 bridgehead atoms. The van der Waals surface area contributed by atoms with E-state index in [-0.39, 0.29) is 28.6 Å². The lowest BCUT2D eigenvalue weighted by Crippen LogP contribution is -2.33. The van der Waals surface area contributed by atoms with Crippen molar-refractivity contribution in [3.63, 3.8) is 0 Å². The van der Waals surface area contributed by atoms with Crippen LogP contribution < -0.4 is 15.4 Å². The molecular weight excluding hydrogens is 438 g/mol. The van der Waals surface area contributed by atoms with Crippen LogP contribution in [0, 0.1) is 27.7 Å². The van der Waals surface area contributed by atoms with Crippen molar-refractivity contribution in [1.29, 1.82) is 0 Å². The maximum absolute atomic E-state index is 12.8. The highest BCUT2D eigenvalue weighted by atomic mass is 32.2. The Morgan fingerprint density at radius 3 is 2.18 bits per heavy atom. The molecule has 172 valence electrons. The van der Waals surface area contributed by atoms with E-state index < -0.39 is 15.9 Å². The van der Waals surface area contributed by atoms with Crippen molar-refractivity contribution in [3.8, 4) is 0 Å². The molecule has 0 saturated carbocycles. The lowest BCUT2D eigenvalue weighted by Gasteiger charge is -2.13. The number of rotatable bonds is 7. The van der Waals surface area contributed by atoms with Gasteiger partial charge in [0.15, 0.2) is 0 Å². The second-order valence-electron chi connectivity index (χ2n) is 7.95. The van der Waals surface area contributed by atoms with Gasteiger partial charge in [-0.05, 0) is 74.2 Å². The van der Waals surface area contributed by atoms with Gasteiger partial charge >= 0.3 is 0 Å². The van der Waals surface area contributed by atoms with E-state index in [2.05, 4.69) is 15.4 Å². The van der Waals surface area contributed by atoms with Gasteiger partial charge in [-0.1, -0.05) is 36.4 Å². The number of aryl methyl sites for hydroxylation is 4. The fourth-order valence-electron chi connectivity index (χ4n) is 3.39. The normalized spacial score (nSPS) is 11.0. The monoisotopic (exact) mass is 465 g/mol. The maximum Gasteiger partial charge on any atom is 0.262 e. The zero-order valence-corrected chi connectivity index (χ0v) is 19.8. The van der Waals surface area contributed by atoms with Gasteiger partial charge in [-0.25, -0.2) is 8.42 Å². The highest BCUT2D eigenvalue weighted by Gasteiger charge is 2.18. The smallest absolute Gasteiger partial charge is 0.262 e. The van der Waals surface area contributed by atoms with E-state index >= 15 is 0 Å². The van der Waals surface area contributed by atoms with Gasteiger partial charge in [0.1, 0.15) is 0 Å². The van der Waals surface area contributed by atoms with E-state index in [0.717, 1.165) is 22.4 Å². The van der Waals surface area contributed by atoms with E-state index in [0.29, 0.717) is 5.56 Å². The molecule has 0 fully saturated rings. The van der Waals surface area contributed by atoms with Crippen molar-refractivity contribution in [2.45, 2.75) is 32.6 Å². The van der Waals surface area contributed by atoms with Crippen LogP contribution in [0.5, 0.6) is 0 Å². The van der Waals surface area contributed by atoms with Gasteiger partial charge in [0.2, 0.25) is 5.91 Å². The van der Waals surface area contributed by atoms with Crippen molar-refractivity contribution >= 4 is 33.2 Å². The SMILES string of the molecule is Cc1ccc(C)c(S(=O)(=O)Nc2cccc(C(=O)NCC(=O)Nc3c(C)cccc3C)c2)c1. The van der Waals surface area contributed by atoms with Crippen molar-refractivity contribution in [1.82, 2.24) is 5.32 Å². The van der Waals surface area contributed by atoms with Crippen LogP contribution in [0.25, 0.3) is 0 Å². The number of nitrogens with one attached hydrogen (secondary N) is 3. The van der Waals surface area contributed by atoms with Crippen LogP contribution in [-0.4, -0.2) is 26.8 Å².